The number of nitrogens with one attached hydrogen (secondary N) is 2. The van der Waals surface area contributed by atoms with Crippen molar-refractivity contribution >= 4 is 21.6 Å². The summed E-state index contributed by atoms with van der Waals surface area (Å²) >= 11 is 0. The Bertz CT molecular complexity index is 869. The molecule has 0 saturated heterocycles. The molecule has 0 fully saturated rings. The van der Waals surface area contributed by atoms with Crippen LogP contribution in [0.25, 0.3) is 0 Å². The van der Waals surface area contributed by atoms with Crippen LogP contribution >= 0.6 is 0 Å². The number of hydrogen-bond donors (Lipinski definition) is 3. The van der Waals surface area contributed by atoms with E-state index < -0.39 is 15.8 Å². The van der Waals surface area contributed by atoms with E-state index in [0.29, 0.717) is 18.5 Å². The number of aryl methyl sites for hydroxylation is 1. The summed E-state index contributed by atoms with van der Waals surface area (Å²) in [7, 11) is -3.97. The van der Waals surface area contributed by atoms with Gasteiger partial charge in [0, 0.05) is 24.4 Å². The number of carbonyl (C=O) groups excluding carboxylic acids is 1. The lowest BCUT2D eigenvalue weighted by Gasteiger charge is -2.10. The van der Waals surface area contributed by atoms with Crippen molar-refractivity contribution in [2.45, 2.75) is 18.2 Å². The van der Waals surface area contributed by atoms with Gasteiger partial charge in [0.2, 0.25) is 0 Å². The number of aliphatic hydroxyl groups is 1. The first-order valence-electron chi connectivity index (χ1n) is 7.61. The second-order valence-corrected chi connectivity index (χ2v) is 7.11. The minimum Gasteiger partial charge on any atom is -0.396 e. The minimum absolute atomic E-state index is 0.0345. The number of carbonyl (C=O) groups is 1. The first kappa shape index (κ1) is 18.9. The topological polar surface area (TPSA) is 95.5 Å². The molecule has 3 N–H and O–H groups in total. The quantitative estimate of drug-likeness (QED) is 0.654. The van der Waals surface area contributed by atoms with Gasteiger partial charge in [-0.1, -0.05) is 12.1 Å². The summed E-state index contributed by atoms with van der Waals surface area (Å²) in [5.74, 6) is -0.990. The second kappa shape index (κ2) is 8.09. The van der Waals surface area contributed by atoms with E-state index >= 15 is 0 Å². The zero-order chi connectivity index (χ0) is 18.4. The number of anilines is 1. The number of benzene rings is 2. The van der Waals surface area contributed by atoms with Gasteiger partial charge in [0.15, 0.2) is 0 Å². The van der Waals surface area contributed by atoms with E-state index in [2.05, 4.69) is 10.0 Å². The van der Waals surface area contributed by atoms with E-state index in [9.17, 15) is 17.6 Å². The molecule has 6 nitrogen and oxygen atoms in total. The van der Waals surface area contributed by atoms with Crippen LogP contribution in [0, 0.1) is 12.7 Å². The lowest BCUT2D eigenvalue weighted by Crippen LogP contribution is -2.25. The highest BCUT2D eigenvalue weighted by Crippen LogP contribution is 2.19. The number of amides is 1. The first-order valence-corrected chi connectivity index (χ1v) is 9.10. The second-order valence-electron chi connectivity index (χ2n) is 5.43. The van der Waals surface area contributed by atoms with Crippen LogP contribution in [-0.2, 0) is 10.0 Å². The van der Waals surface area contributed by atoms with Crippen LogP contribution in [0.5, 0.6) is 0 Å². The molecule has 0 aliphatic rings. The molecular formula is C17H19FN2O4S. The summed E-state index contributed by atoms with van der Waals surface area (Å²) in [6.45, 7) is 1.82. The van der Waals surface area contributed by atoms with Crippen molar-refractivity contribution in [1.29, 1.82) is 0 Å². The normalized spacial score (nSPS) is 11.2. The maximum atomic E-state index is 13.6. The molecule has 0 spiro atoms. The molecule has 0 aliphatic heterocycles. The highest BCUT2D eigenvalue weighted by molar-refractivity contribution is 7.92. The van der Waals surface area contributed by atoms with Gasteiger partial charge in [-0.05, 0) is 49.2 Å². The summed E-state index contributed by atoms with van der Waals surface area (Å²) in [5, 5.41) is 11.3. The number of sulfonamides is 1. The third kappa shape index (κ3) is 5.01. The maximum Gasteiger partial charge on any atom is 0.261 e. The van der Waals surface area contributed by atoms with Gasteiger partial charge in [0.1, 0.15) is 5.82 Å². The third-order valence-corrected chi connectivity index (χ3v) is 4.83. The molecule has 134 valence electrons. The Kier molecular flexibility index (Phi) is 6.11. The summed E-state index contributed by atoms with van der Waals surface area (Å²) < 4.78 is 40.6. The molecule has 0 atom stereocenters. The van der Waals surface area contributed by atoms with Crippen LogP contribution < -0.4 is 10.0 Å². The Balaban J connectivity index is 2.17. The van der Waals surface area contributed by atoms with Gasteiger partial charge in [-0.25, -0.2) is 12.8 Å². The molecule has 0 heterocycles. The zero-order valence-corrected chi connectivity index (χ0v) is 14.4. The standard InChI is InChI=1S/C17H19FN2O4S/c1-12-6-7-15(11-16(12)18)25(23,24)20-14-5-2-4-13(10-14)17(22)19-8-3-9-21/h2,4-7,10-11,20-21H,3,8-9H2,1H3,(H,19,22). The molecule has 0 saturated carbocycles. The molecular weight excluding hydrogens is 347 g/mol. The number of rotatable bonds is 7. The summed E-state index contributed by atoms with van der Waals surface area (Å²) in [4.78, 5) is 11.8. The molecule has 0 bridgehead atoms. The number of halogens is 1. The smallest absolute Gasteiger partial charge is 0.261 e. The van der Waals surface area contributed by atoms with E-state index in [1.165, 1.54) is 43.3 Å². The number of aliphatic hydroxyl groups excluding tert-OH is 1. The number of hydrogen-bond acceptors (Lipinski definition) is 4. The van der Waals surface area contributed by atoms with Crippen molar-refractivity contribution in [3.05, 3.63) is 59.4 Å². The zero-order valence-electron chi connectivity index (χ0n) is 13.6. The lowest BCUT2D eigenvalue weighted by molar-refractivity contribution is 0.0951. The van der Waals surface area contributed by atoms with Crippen LogP contribution in [0.15, 0.2) is 47.4 Å². The fourth-order valence-corrected chi connectivity index (χ4v) is 3.12. The Hall–Kier alpha value is -2.45. The minimum atomic E-state index is -3.97. The van der Waals surface area contributed by atoms with E-state index in [1.54, 1.807) is 0 Å². The Morgan fingerprint density at radius 1 is 1.20 bits per heavy atom. The van der Waals surface area contributed by atoms with Crippen molar-refractivity contribution in [2.75, 3.05) is 17.9 Å². The van der Waals surface area contributed by atoms with Gasteiger partial charge >= 0.3 is 0 Å². The van der Waals surface area contributed by atoms with E-state index in [0.717, 1.165) is 6.07 Å². The Morgan fingerprint density at radius 2 is 1.96 bits per heavy atom. The SMILES string of the molecule is Cc1ccc(S(=O)(=O)Nc2cccc(C(=O)NCCCO)c2)cc1F. The third-order valence-electron chi connectivity index (χ3n) is 3.45. The van der Waals surface area contributed by atoms with Gasteiger partial charge in [0.25, 0.3) is 15.9 Å². The summed E-state index contributed by atoms with van der Waals surface area (Å²) in [6, 6.07) is 9.60. The van der Waals surface area contributed by atoms with Gasteiger partial charge in [-0.15, -0.1) is 0 Å². The fourth-order valence-electron chi connectivity index (χ4n) is 2.06. The van der Waals surface area contributed by atoms with Crippen LogP contribution in [-0.4, -0.2) is 32.6 Å². The molecule has 8 heteroatoms. The Morgan fingerprint density at radius 3 is 2.64 bits per heavy atom. The monoisotopic (exact) mass is 366 g/mol. The molecule has 0 unspecified atom stereocenters. The molecule has 2 aromatic rings. The van der Waals surface area contributed by atoms with Crippen LogP contribution in [0.2, 0.25) is 0 Å². The van der Waals surface area contributed by atoms with Crippen molar-refractivity contribution in [3.8, 4) is 0 Å². The summed E-state index contributed by atoms with van der Waals surface area (Å²) in [6.07, 6.45) is 0.428. The van der Waals surface area contributed by atoms with Crippen LogP contribution in [0.1, 0.15) is 22.3 Å². The first-order chi connectivity index (χ1) is 11.8. The molecule has 0 aromatic heterocycles. The largest absolute Gasteiger partial charge is 0.396 e. The van der Waals surface area contributed by atoms with E-state index in [1.807, 2.05) is 0 Å². The highest BCUT2D eigenvalue weighted by Gasteiger charge is 2.16. The predicted octanol–water partition coefficient (Wildman–Crippen LogP) is 2.05. The van der Waals surface area contributed by atoms with E-state index in [-0.39, 0.29) is 28.7 Å². The average molecular weight is 366 g/mol. The Labute approximate surface area is 145 Å². The van der Waals surface area contributed by atoms with Crippen molar-refractivity contribution in [2.24, 2.45) is 0 Å². The van der Waals surface area contributed by atoms with Crippen LogP contribution in [0.4, 0.5) is 10.1 Å². The fraction of sp³-hybridized carbons (Fsp3) is 0.235. The molecule has 25 heavy (non-hydrogen) atoms. The summed E-state index contributed by atoms with van der Waals surface area (Å²) in [5.41, 5.74) is 0.810. The van der Waals surface area contributed by atoms with E-state index in [4.69, 9.17) is 5.11 Å². The van der Waals surface area contributed by atoms with Gasteiger partial charge in [0.05, 0.1) is 4.90 Å². The average Bonchev–Trinajstić information content (AvgIpc) is 2.57. The highest BCUT2D eigenvalue weighted by atomic mass is 32.2. The molecule has 2 aromatic carbocycles. The molecule has 0 aliphatic carbocycles. The molecule has 0 radical (unpaired) electrons. The van der Waals surface area contributed by atoms with Gasteiger partial charge < -0.3 is 10.4 Å². The molecule has 1 amide bonds. The van der Waals surface area contributed by atoms with Gasteiger partial charge in [-0.2, -0.15) is 0 Å². The maximum absolute atomic E-state index is 13.6. The van der Waals surface area contributed by atoms with Crippen molar-refractivity contribution in [1.82, 2.24) is 5.32 Å². The van der Waals surface area contributed by atoms with Crippen molar-refractivity contribution < 1.29 is 22.7 Å². The molecule has 2 rings (SSSR count). The van der Waals surface area contributed by atoms with Crippen molar-refractivity contribution in [3.63, 3.8) is 0 Å². The lowest BCUT2D eigenvalue weighted by atomic mass is 10.2. The predicted molar refractivity (Wildman–Crippen MR) is 92.4 cm³/mol. The van der Waals surface area contributed by atoms with Crippen LogP contribution in [0.3, 0.4) is 0 Å². The van der Waals surface area contributed by atoms with Gasteiger partial charge in [-0.3, -0.25) is 9.52 Å².